The second-order valence-electron chi connectivity index (χ2n) is 33.8. The zero-order valence-electron chi connectivity index (χ0n) is 73.5. The van der Waals surface area contributed by atoms with Gasteiger partial charge in [-0.1, -0.05) is 168 Å². The summed E-state index contributed by atoms with van der Waals surface area (Å²) in [6.07, 6.45) is 36.4. The molecule has 6 heterocycles. The van der Waals surface area contributed by atoms with Gasteiger partial charge in [-0.15, -0.1) is 45.3 Å². The number of carbonyl (C=O) groups excluding carboxylic acids is 6. The van der Waals surface area contributed by atoms with E-state index < -0.39 is 109 Å². The third kappa shape index (κ3) is 27.5. The first-order chi connectivity index (χ1) is 58.8. The van der Waals surface area contributed by atoms with Gasteiger partial charge in [-0.2, -0.15) is 0 Å². The molecule has 0 amide bonds. The van der Waals surface area contributed by atoms with Gasteiger partial charge in [0.1, 0.15) is 0 Å². The molecule has 676 valence electrons. The first kappa shape index (κ1) is 106. The molecule has 29 heteroatoms. The van der Waals surface area contributed by atoms with E-state index in [1.165, 1.54) is 194 Å². The molecule has 0 atom stereocenters. The van der Waals surface area contributed by atoms with E-state index in [0.717, 1.165) is 122 Å². The summed E-state index contributed by atoms with van der Waals surface area (Å²) in [5.41, 5.74) is 1.63. The van der Waals surface area contributed by atoms with Crippen LogP contribution in [0.4, 0.5) is 35.1 Å². The molecule has 0 unspecified atom stereocenters. The zero-order valence-corrected chi connectivity index (χ0v) is 90.4. The van der Waals surface area contributed by atoms with E-state index in [9.17, 15) is 63.9 Å². The third-order valence-corrected chi connectivity index (χ3v) is 49.8. The van der Waals surface area contributed by atoms with Gasteiger partial charge in [0, 0.05) is 57.4 Å². The number of fused-ring (bicyclic) bond motifs is 6. The molecule has 0 aliphatic rings. The Bertz CT molecular complexity index is 5340. The van der Waals surface area contributed by atoms with Gasteiger partial charge in [-0.05, 0) is 129 Å². The number of ether oxygens (including phenoxy) is 3. The van der Waals surface area contributed by atoms with Crippen LogP contribution in [0.5, 0.6) is 0 Å². The normalized spacial score (nSPS) is 11.8. The number of hydrogen-bond donors (Lipinski definition) is 0. The molecule has 0 saturated carbocycles. The number of thiophene rings is 6. The molecular weight excluding hydrogens is 2190 g/mol. The minimum Gasteiger partial charge on any atom is -0.462 e. The van der Waals surface area contributed by atoms with Crippen LogP contribution in [0.25, 0.3) is 71.0 Å². The van der Waals surface area contributed by atoms with Gasteiger partial charge in [-0.3, -0.25) is 9.59 Å². The standard InChI is InChI=1S/C33H36F4O3S2.C25H30Br2O3S2.C25H30O3S2.C6Br2F4.6CH3.2Sn/c1-5-6-7-8-9-10-11-12-13-14-15-40-33(39)25-21-16-18(2)41-31(21)24(20(4)38)22-17-23(42-32(22)25)26-29(36)27(34)19(3)28(35)30(26)37;1-3-4-5-6-7-8-9-10-11-12-13-30-25(29)22-18-15-20(27)31-23(18)21(16(2)28)17-14-19(26)32-24(17)22;1-3-4-5-6-7-8-9-10-11-12-15-28-25(27)22-20-14-17-29-23(20)21(18(2)26)19-13-16-30-24(19)22;7-1-3(9)5(11)2(8)6(12)4(1)10;;;;;;;;/h16-17H,5-15H2,1-4H3;14-15H,3-13H2,1-2H3;13-14H,3-12,15H2,1-2H3;;6*1H3;;. The van der Waals surface area contributed by atoms with Crippen molar-refractivity contribution in [2.45, 2.75) is 278 Å². The predicted octanol–water partition coefficient (Wildman–Crippen LogP) is 34.4. The molecule has 11 aromatic rings. The summed E-state index contributed by atoms with van der Waals surface area (Å²) < 4.78 is 134. The van der Waals surface area contributed by atoms with Crippen molar-refractivity contribution in [2.75, 3.05) is 19.8 Å². The van der Waals surface area contributed by atoms with Crippen molar-refractivity contribution in [1.29, 1.82) is 0 Å². The van der Waals surface area contributed by atoms with Gasteiger partial charge >= 0.3 is 222 Å². The maximum absolute atomic E-state index is 15.0. The molecule has 0 fully saturated rings. The van der Waals surface area contributed by atoms with Gasteiger partial charge < -0.3 is 9.47 Å². The van der Waals surface area contributed by atoms with Crippen LogP contribution in [-0.4, -0.2) is 91.8 Å². The summed E-state index contributed by atoms with van der Waals surface area (Å²) in [5.74, 6) is -13.2. The summed E-state index contributed by atoms with van der Waals surface area (Å²) in [5, 5.41) is 4.34. The fourth-order valence-corrected chi connectivity index (χ4v) is 34.2. The van der Waals surface area contributed by atoms with E-state index in [1.807, 2.05) is 19.1 Å². The van der Waals surface area contributed by atoms with Gasteiger partial charge in [-0.25, -0.2) is 44.7 Å². The molecule has 0 N–H and O–H groups in total. The first-order valence-electron chi connectivity index (χ1n) is 43.3. The van der Waals surface area contributed by atoms with Gasteiger partial charge in [0.25, 0.3) is 0 Å². The number of Topliss-reactive ketones (excluding diaryl/α,β-unsaturated/α-hetero) is 3. The molecule has 124 heavy (non-hydrogen) atoms. The minimum absolute atomic E-state index is 0.00457. The number of rotatable bonds is 42. The van der Waals surface area contributed by atoms with Crippen LogP contribution in [-0.2, 0) is 14.2 Å². The molecular formula is C95H114Br4F8O9S6Sn2. The van der Waals surface area contributed by atoms with Gasteiger partial charge in [0.2, 0.25) is 0 Å². The van der Waals surface area contributed by atoms with E-state index in [-0.39, 0.29) is 51.0 Å². The molecule has 6 aromatic heterocycles. The number of carbonyl (C=O) groups is 6. The second-order valence-corrected chi connectivity index (χ2v) is 75.5. The topological polar surface area (TPSA) is 130 Å². The number of benzene rings is 5. The Morgan fingerprint density at radius 1 is 0.306 bits per heavy atom. The number of ketones is 3. The van der Waals surface area contributed by atoms with Crippen molar-refractivity contribution in [3.05, 3.63) is 143 Å². The monoisotopic (exact) mass is 2300 g/mol. The van der Waals surface area contributed by atoms with Gasteiger partial charge in [0.05, 0.1) is 55.8 Å². The number of hydrogen-bond acceptors (Lipinski definition) is 15. The van der Waals surface area contributed by atoms with Crippen LogP contribution in [0.2, 0.25) is 29.6 Å². The predicted molar refractivity (Wildman–Crippen MR) is 526 cm³/mol. The number of halogens is 12. The molecule has 11 rings (SSSR count). The molecule has 9 nitrogen and oxygen atoms in total. The average Bonchev–Trinajstić information content (AvgIpc) is 1.58. The molecule has 0 aliphatic heterocycles. The molecule has 0 aliphatic carbocycles. The van der Waals surface area contributed by atoms with Crippen molar-refractivity contribution >= 4 is 270 Å². The van der Waals surface area contributed by atoms with Gasteiger partial charge in [0.15, 0.2) is 58.1 Å². The van der Waals surface area contributed by atoms with Crippen molar-refractivity contribution in [3.63, 3.8) is 0 Å². The summed E-state index contributed by atoms with van der Waals surface area (Å²) >= 11 is 15.6. The SMILES string of the molecule is CCCCCCCCCCCCOC(=O)c1c2c[c]([Sn]([CH3])([CH3])[CH3])sc2c(C(C)=O)c2c[c]([Sn]([CH3])([CH3])[CH3])sc12.CCCCCCCCCCCCOC(=O)c1c2cc(Br)sc2c(C(C)=O)c2cc(Br)sc12.CCCCCCCCCCCCOC(=O)c1c2cc(C)sc2c(C(C)=O)c2cc(-c3c(F)c(F)c(C)c(F)c3F)sc12.Fc1c(F)c(Br)c(F)c(F)c1Br. The summed E-state index contributed by atoms with van der Waals surface area (Å²) in [4.78, 5) is 93.6. The van der Waals surface area contributed by atoms with Crippen LogP contribution in [0.15, 0.2) is 52.9 Å². The molecule has 0 saturated heterocycles. The number of esters is 3. The van der Waals surface area contributed by atoms with Crippen molar-refractivity contribution in [3.8, 4) is 10.4 Å². The third-order valence-electron chi connectivity index (χ3n) is 21.7. The minimum atomic E-state index is -2.41. The Labute approximate surface area is 790 Å². The Morgan fingerprint density at radius 3 is 0.879 bits per heavy atom. The Kier molecular flexibility index (Phi) is 42.7. The van der Waals surface area contributed by atoms with Crippen LogP contribution in [0.3, 0.4) is 0 Å². The average molecular weight is 2300 g/mol. The fraction of sp³-hybridized carbons (Fsp3) is 0.495. The second kappa shape index (κ2) is 50.2. The largest absolute Gasteiger partial charge is 0.462 e. The van der Waals surface area contributed by atoms with E-state index in [2.05, 4.69) is 126 Å². The van der Waals surface area contributed by atoms with E-state index in [0.29, 0.717) is 57.4 Å². The summed E-state index contributed by atoms with van der Waals surface area (Å²) in [6, 6.07) is 11.5. The molecule has 5 aromatic carbocycles. The van der Waals surface area contributed by atoms with Crippen LogP contribution >= 0.6 is 132 Å². The first-order valence-corrected chi connectivity index (χ1v) is 71.3. The zero-order chi connectivity index (χ0) is 91.2. The maximum Gasteiger partial charge on any atom is 0.340 e. The van der Waals surface area contributed by atoms with E-state index in [4.69, 9.17) is 14.2 Å². The maximum atomic E-state index is 15.0. The van der Waals surface area contributed by atoms with E-state index in [1.54, 1.807) is 42.6 Å². The van der Waals surface area contributed by atoms with Crippen molar-refractivity contribution in [2.24, 2.45) is 0 Å². The Hall–Kier alpha value is -3.76. The van der Waals surface area contributed by atoms with Crippen LogP contribution < -0.4 is 5.79 Å². The van der Waals surface area contributed by atoms with Crippen LogP contribution in [0, 0.1) is 60.4 Å². The fourth-order valence-electron chi connectivity index (χ4n) is 14.9. The van der Waals surface area contributed by atoms with Crippen molar-refractivity contribution in [1.82, 2.24) is 0 Å². The van der Waals surface area contributed by atoms with E-state index >= 15 is 0 Å². The Balaban J connectivity index is 0.000000217. The smallest absolute Gasteiger partial charge is 0.340 e. The number of aryl methyl sites for hydroxylation is 1. The molecule has 0 radical (unpaired) electrons. The molecule has 0 spiro atoms. The van der Waals surface area contributed by atoms with Crippen LogP contribution in [0.1, 0.15) is 307 Å². The number of unbranched alkanes of at least 4 members (excludes halogenated alkanes) is 27. The quantitative estimate of drug-likeness (QED) is 0.00536. The summed E-state index contributed by atoms with van der Waals surface area (Å²) in [6.45, 7) is 15.3. The summed E-state index contributed by atoms with van der Waals surface area (Å²) in [7, 11) is 0. The molecule has 0 bridgehead atoms. The Morgan fingerprint density at radius 2 is 0.556 bits per heavy atom. The van der Waals surface area contributed by atoms with Crippen molar-refractivity contribution < 1.29 is 78.1 Å².